The first kappa shape index (κ1) is 28.0. The molecule has 0 unspecified atom stereocenters. The Hall–Kier alpha value is -2.98. The zero-order valence-corrected chi connectivity index (χ0v) is 21.4. The molecule has 0 bridgehead atoms. The van der Waals surface area contributed by atoms with Gasteiger partial charge in [0.15, 0.2) is 0 Å². The van der Waals surface area contributed by atoms with E-state index in [9.17, 15) is 32.3 Å². The van der Waals surface area contributed by atoms with Crippen molar-refractivity contribution in [3.63, 3.8) is 0 Å². The molecule has 2 heterocycles. The lowest BCUT2D eigenvalue weighted by molar-refractivity contribution is -0.157. The molecule has 2 aliphatic rings. The highest BCUT2D eigenvalue weighted by Crippen LogP contribution is 2.35. The summed E-state index contributed by atoms with van der Waals surface area (Å²) < 4.78 is 58.5. The second-order valence-corrected chi connectivity index (χ2v) is 10.4. The number of carboxylic acid groups (broad SMARTS) is 1. The number of ether oxygens (including phenoxy) is 1. The standard InChI is InChI=1S/C28H32F4N2O4/c1-17-3-4-20(25(35)36)13-24(17)19-6-9-34(10-7-19)23-5-8-27(2,38-16-23)26(37)33-15-18-11-21(28(30,31)32)14-22(29)12-18/h3-4,11-14,19,23H,5-10,15-16H2,1-2H3,(H,33,37)(H,35,36)/t23-,27-/m1/s1. The molecule has 0 aliphatic carbocycles. The highest BCUT2D eigenvalue weighted by Gasteiger charge is 2.41. The molecule has 0 aromatic heterocycles. The van der Waals surface area contributed by atoms with E-state index >= 15 is 0 Å². The monoisotopic (exact) mass is 536 g/mol. The summed E-state index contributed by atoms with van der Waals surface area (Å²) in [7, 11) is 0. The average molecular weight is 537 g/mol. The minimum atomic E-state index is -4.68. The molecule has 2 aliphatic heterocycles. The fourth-order valence-corrected chi connectivity index (χ4v) is 5.42. The van der Waals surface area contributed by atoms with Gasteiger partial charge in [0.2, 0.25) is 0 Å². The van der Waals surface area contributed by atoms with Crippen LogP contribution in [0.4, 0.5) is 17.6 Å². The SMILES string of the molecule is Cc1ccc(C(=O)O)cc1C1CCN([C@@H]2CC[C@](C)(C(=O)NCc3cc(F)cc(C(F)(F)F)c3)OC2)CC1. The van der Waals surface area contributed by atoms with Crippen LogP contribution in [0.5, 0.6) is 0 Å². The zero-order chi connectivity index (χ0) is 27.7. The summed E-state index contributed by atoms with van der Waals surface area (Å²) in [6, 6.07) is 7.62. The van der Waals surface area contributed by atoms with Crippen molar-refractivity contribution in [3.05, 3.63) is 70.0 Å². The molecule has 1 amide bonds. The molecule has 2 saturated heterocycles. The van der Waals surface area contributed by atoms with E-state index in [-0.39, 0.29) is 24.1 Å². The van der Waals surface area contributed by atoms with E-state index in [0.717, 1.165) is 55.6 Å². The number of aromatic carboxylic acids is 1. The molecular formula is C28H32F4N2O4. The van der Waals surface area contributed by atoms with E-state index in [0.29, 0.717) is 24.7 Å². The van der Waals surface area contributed by atoms with Gasteiger partial charge >= 0.3 is 12.1 Å². The summed E-state index contributed by atoms with van der Waals surface area (Å²) in [5.74, 6) is -2.11. The Bertz CT molecular complexity index is 1180. The largest absolute Gasteiger partial charge is 0.478 e. The second-order valence-electron chi connectivity index (χ2n) is 10.4. The number of hydrogen-bond acceptors (Lipinski definition) is 4. The van der Waals surface area contributed by atoms with Crippen molar-refractivity contribution in [2.75, 3.05) is 19.7 Å². The molecule has 0 spiro atoms. The summed E-state index contributed by atoms with van der Waals surface area (Å²) in [6.07, 6.45) is -1.72. The number of hydrogen-bond donors (Lipinski definition) is 2. The predicted molar refractivity (Wildman–Crippen MR) is 132 cm³/mol. The zero-order valence-electron chi connectivity index (χ0n) is 21.4. The second kappa shape index (κ2) is 11.0. The maximum atomic E-state index is 13.7. The molecule has 0 radical (unpaired) electrons. The quantitative estimate of drug-likeness (QED) is 0.491. The fourth-order valence-electron chi connectivity index (χ4n) is 5.42. The number of rotatable bonds is 6. The van der Waals surface area contributed by atoms with Crippen LogP contribution < -0.4 is 5.32 Å². The van der Waals surface area contributed by atoms with Gasteiger partial charge in [0, 0.05) is 12.6 Å². The number of carbonyl (C=O) groups is 2. The van der Waals surface area contributed by atoms with Gasteiger partial charge < -0.3 is 15.2 Å². The van der Waals surface area contributed by atoms with Gasteiger partial charge in [-0.3, -0.25) is 9.69 Å². The highest BCUT2D eigenvalue weighted by molar-refractivity contribution is 5.88. The van der Waals surface area contributed by atoms with Gasteiger partial charge in [-0.05, 0) is 106 Å². The van der Waals surface area contributed by atoms with Crippen LogP contribution in [0.3, 0.4) is 0 Å². The molecule has 0 saturated carbocycles. The topological polar surface area (TPSA) is 78.9 Å². The summed E-state index contributed by atoms with van der Waals surface area (Å²) >= 11 is 0. The van der Waals surface area contributed by atoms with E-state index in [2.05, 4.69) is 10.2 Å². The molecule has 2 fully saturated rings. The first-order chi connectivity index (χ1) is 17.9. The first-order valence-corrected chi connectivity index (χ1v) is 12.7. The van der Waals surface area contributed by atoms with Crippen LogP contribution in [0.1, 0.15) is 71.1 Å². The molecule has 10 heteroatoms. The van der Waals surface area contributed by atoms with Gasteiger partial charge in [-0.25, -0.2) is 9.18 Å². The number of amides is 1. The lowest BCUT2D eigenvalue weighted by Crippen LogP contribution is -2.54. The Labute approximate surface area is 219 Å². The molecule has 2 atom stereocenters. The number of halogens is 4. The van der Waals surface area contributed by atoms with E-state index < -0.39 is 35.0 Å². The van der Waals surface area contributed by atoms with E-state index in [1.165, 1.54) is 0 Å². The fraction of sp³-hybridized carbons (Fsp3) is 0.500. The van der Waals surface area contributed by atoms with Gasteiger partial charge in [-0.2, -0.15) is 13.2 Å². The van der Waals surface area contributed by atoms with Crippen LogP contribution in [-0.2, 0) is 22.3 Å². The average Bonchev–Trinajstić information content (AvgIpc) is 2.87. The van der Waals surface area contributed by atoms with Crippen molar-refractivity contribution >= 4 is 11.9 Å². The smallest absolute Gasteiger partial charge is 0.416 e. The molecule has 6 nitrogen and oxygen atoms in total. The molecule has 2 aromatic rings. The normalized spacial score (nSPS) is 23.3. The highest BCUT2D eigenvalue weighted by atomic mass is 19.4. The number of aryl methyl sites for hydroxylation is 1. The van der Waals surface area contributed by atoms with E-state index in [1.54, 1.807) is 19.1 Å². The molecule has 206 valence electrons. The lowest BCUT2D eigenvalue weighted by atomic mass is 9.84. The number of alkyl halides is 3. The van der Waals surface area contributed by atoms with Crippen molar-refractivity contribution in [3.8, 4) is 0 Å². The van der Waals surface area contributed by atoms with Crippen LogP contribution in [0.25, 0.3) is 0 Å². The predicted octanol–water partition coefficient (Wildman–Crippen LogP) is 5.28. The van der Waals surface area contributed by atoms with Gasteiger partial charge in [-0.15, -0.1) is 0 Å². The molecule has 2 aromatic carbocycles. The first-order valence-electron chi connectivity index (χ1n) is 12.7. The summed E-state index contributed by atoms with van der Waals surface area (Å²) in [5, 5.41) is 11.9. The Balaban J connectivity index is 1.29. The number of carboxylic acids is 1. The third kappa shape index (κ3) is 6.35. The number of nitrogens with zero attached hydrogens (tertiary/aromatic N) is 1. The van der Waals surface area contributed by atoms with Crippen LogP contribution in [0, 0.1) is 12.7 Å². The summed E-state index contributed by atoms with van der Waals surface area (Å²) in [5.41, 5.74) is 0.264. The van der Waals surface area contributed by atoms with Gasteiger partial charge in [0.05, 0.1) is 17.7 Å². The molecule has 2 N–H and O–H groups in total. The van der Waals surface area contributed by atoms with Crippen molar-refractivity contribution in [1.29, 1.82) is 0 Å². The third-order valence-corrected chi connectivity index (χ3v) is 7.78. The summed E-state index contributed by atoms with van der Waals surface area (Å²) in [4.78, 5) is 26.6. The van der Waals surface area contributed by atoms with Crippen LogP contribution in [-0.4, -0.2) is 53.2 Å². The Morgan fingerprint density at radius 3 is 2.45 bits per heavy atom. The number of benzene rings is 2. The van der Waals surface area contributed by atoms with Crippen LogP contribution >= 0.6 is 0 Å². The van der Waals surface area contributed by atoms with E-state index in [4.69, 9.17) is 4.74 Å². The maximum Gasteiger partial charge on any atom is 0.416 e. The van der Waals surface area contributed by atoms with Crippen LogP contribution in [0.2, 0.25) is 0 Å². The van der Waals surface area contributed by atoms with Crippen molar-refractivity contribution in [1.82, 2.24) is 10.2 Å². The third-order valence-electron chi connectivity index (χ3n) is 7.78. The number of carbonyl (C=O) groups excluding carboxylic acids is 1. The van der Waals surface area contributed by atoms with Gasteiger partial charge in [-0.1, -0.05) is 6.07 Å². The minimum absolute atomic E-state index is 0.0231. The Kier molecular flexibility index (Phi) is 8.13. The lowest BCUT2D eigenvalue weighted by Gasteiger charge is -2.43. The minimum Gasteiger partial charge on any atom is -0.478 e. The van der Waals surface area contributed by atoms with Gasteiger partial charge in [0.1, 0.15) is 11.4 Å². The van der Waals surface area contributed by atoms with Crippen molar-refractivity contribution in [2.24, 2.45) is 0 Å². The number of likely N-dealkylation sites (tertiary alicyclic amines) is 1. The van der Waals surface area contributed by atoms with Crippen molar-refractivity contribution < 1.29 is 37.0 Å². The maximum absolute atomic E-state index is 13.7. The Morgan fingerprint density at radius 1 is 1.13 bits per heavy atom. The number of piperidine rings is 1. The van der Waals surface area contributed by atoms with E-state index in [1.807, 2.05) is 13.0 Å². The van der Waals surface area contributed by atoms with Crippen LogP contribution in [0.15, 0.2) is 36.4 Å². The molecule has 4 rings (SSSR count). The van der Waals surface area contributed by atoms with Crippen molar-refractivity contribution in [2.45, 2.75) is 69.8 Å². The Morgan fingerprint density at radius 2 is 1.84 bits per heavy atom. The number of nitrogens with one attached hydrogen (secondary N) is 1. The summed E-state index contributed by atoms with van der Waals surface area (Å²) in [6.45, 7) is 5.44. The van der Waals surface area contributed by atoms with Gasteiger partial charge in [0.25, 0.3) is 5.91 Å². The molecule has 38 heavy (non-hydrogen) atoms. The molecular weight excluding hydrogens is 504 g/mol.